The van der Waals surface area contributed by atoms with Gasteiger partial charge in [0, 0.05) is 31.7 Å². The Hall–Kier alpha value is -2.37. The van der Waals surface area contributed by atoms with Gasteiger partial charge in [-0.2, -0.15) is 0 Å². The summed E-state index contributed by atoms with van der Waals surface area (Å²) >= 11 is 0. The number of carbonyl (C=O) groups excluding carboxylic acids is 1. The Bertz CT molecular complexity index is 688. The van der Waals surface area contributed by atoms with E-state index in [0.29, 0.717) is 25.3 Å². The molecule has 1 unspecified atom stereocenters. The monoisotopic (exact) mass is 354 g/mol. The number of amides is 1. The van der Waals surface area contributed by atoms with Gasteiger partial charge in [-0.1, -0.05) is 30.3 Å². The van der Waals surface area contributed by atoms with E-state index in [1.54, 1.807) is 12.1 Å². The Labute approximate surface area is 154 Å². The van der Waals surface area contributed by atoms with E-state index in [9.17, 15) is 4.79 Å². The zero-order valence-corrected chi connectivity index (χ0v) is 15.2. The molecule has 138 valence electrons. The maximum atomic E-state index is 12.2. The number of morpholine rings is 1. The van der Waals surface area contributed by atoms with Crippen LogP contribution in [0.4, 0.5) is 0 Å². The fraction of sp³-hybridized carbons (Fsp3) is 0.381. The molecule has 1 N–H and O–H groups in total. The van der Waals surface area contributed by atoms with Gasteiger partial charge in [0.05, 0.1) is 19.3 Å². The van der Waals surface area contributed by atoms with Gasteiger partial charge in [-0.15, -0.1) is 0 Å². The first kappa shape index (κ1) is 18.4. The second-order valence-electron chi connectivity index (χ2n) is 6.28. The van der Waals surface area contributed by atoms with Gasteiger partial charge in [0.1, 0.15) is 5.75 Å². The third-order valence-corrected chi connectivity index (χ3v) is 4.46. The standard InChI is InChI=1S/C21H26N2O3/c1-2-25-19-10-8-18(9-11-19)21(24)22-12-13-23-14-15-26-20(16-23)17-6-4-3-5-7-17/h3-11,20H,2,12-16H2,1H3,(H,22,24). The minimum atomic E-state index is -0.0547. The Kier molecular flexibility index (Phi) is 6.63. The average molecular weight is 354 g/mol. The summed E-state index contributed by atoms with van der Waals surface area (Å²) in [5, 5.41) is 2.99. The number of hydrogen-bond acceptors (Lipinski definition) is 4. The summed E-state index contributed by atoms with van der Waals surface area (Å²) in [5.74, 6) is 0.727. The predicted octanol–water partition coefficient (Wildman–Crippen LogP) is 2.89. The maximum Gasteiger partial charge on any atom is 0.251 e. The van der Waals surface area contributed by atoms with Crippen LogP contribution in [0.1, 0.15) is 28.9 Å². The minimum absolute atomic E-state index is 0.0547. The predicted molar refractivity (Wildman–Crippen MR) is 102 cm³/mol. The molecule has 1 saturated heterocycles. The number of hydrogen-bond donors (Lipinski definition) is 1. The number of rotatable bonds is 7. The van der Waals surface area contributed by atoms with Crippen LogP contribution in [0.25, 0.3) is 0 Å². The van der Waals surface area contributed by atoms with Crippen molar-refractivity contribution in [2.45, 2.75) is 13.0 Å². The third kappa shape index (κ3) is 5.07. The Morgan fingerprint density at radius 1 is 1.19 bits per heavy atom. The van der Waals surface area contributed by atoms with Crippen molar-refractivity contribution in [3.05, 3.63) is 65.7 Å². The zero-order chi connectivity index (χ0) is 18.2. The lowest BCUT2D eigenvalue weighted by atomic mass is 10.1. The van der Waals surface area contributed by atoms with Crippen molar-refractivity contribution in [2.75, 3.05) is 39.4 Å². The maximum absolute atomic E-state index is 12.2. The van der Waals surface area contributed by atoms with Crippen LogP contribution in [-0.2, 0) is 4.74 Å². The summed E-state index contributed by atoms with van der Waals surface area (Å²) < 4.78 is 11.3. The highest BCUT2D eigenvalue weighted by Crippen LogP contribution is 2.21. The first-order chi connectivity index (χ1) is 12.8. The molecule has 2 aromatic rings. The van der Waals surface area contributed by atoms with Crippen LogP contribution in [0.3, 0.4) is 0 Å². The van der Waals surface area contributed by atoms with Gasteiger partial charge in [-0.25, -0.2) is 0 Å². The van der Waals surface area contributed by atoms with Crippen molar-refractivity contribution in [1.82, 2.24) is 10.2 Å². The molecule has 1 amide bonds. The van der Waals surface area contributed by atoms with Crippen LogP contribution < -0.4 is 10.1 Å². The number of ether oxygens (including phenoxy) is 2. The molecule has 0 aromatic heterocycles. The van der Waals surface area contributed by atoms with Crippen molar-refractivity contribution in [3.8, 4) is 5.75 Å². The number of carbonyl (C=O) groups is 1. The summed E-state index contributed by atoms with van der Waals surface area (Å²) in [6.45, 7) is 6.45. The summed E-state index contributed by atoms with van der Waals surface area (Å²) in [6.07, 6.45) is 0.103. The van der Waals surface area contributed by atoms with Crippen molar-refractivity contribution in [1.29, 1.82) is 0 Å². The fourth-order valence-corrected chi connectivity index (χ4v) is 3.07. The summed E-state index contributed by atoms with van der Waals surface area (Å²) in [5.41, 5.74) is 1.85. The van der Waals surface area contributed by atoms with Gasteiger partial charge in [-0.05, 0) is 36.8 Å². The molecule has 0 saturated carbocycles. The highest BCUT2D eigenvalue weighted by Gasteiger charge is 2.21. The smallest absolute Gasteiger partial charge is 0.251 e. The molecular weight excluding hydrogens is 328 g/mol. The molecule has 1 aliphatic rings. The van der Waals surface area contributed by atoms with Crippen molar-refractivity contribution in [2.24, 2.45) is 0 Å². The van der Waals surface area contributed by atoms with Crippen molar-refractivity contribution < 1.29 is 14.3 Å². The summed E-state index contributed by atoms with van der Waals surface area (Å²) in [6, 6.07) is 17.5. The van der Waals surface area contributed by atoms with Crippen LogP contribution in [0.2, 0.25) is 0 Å². The highest BCUT2D eigenvalue weighted by molar-refractivity contribution is 5.94. The minimum Gasteiger partial charge on any atom is -0.494 e. The molecule has 0 spiro atoms. The topological polar surface area (TPSA) is 50.8 Å². The SMILES string of the molecule is CCOc1ccc(C(=O)NCCN2CCOC(c3ccccc3)C2)cc1. The Balaban J connectivity index is 1.44. The fourth-order valence-electron chi connectivity index (χ4n) is 3.07. The van der Waals surface area contributed by atoms with Crippen molar-refractivity contribution in [3.63, 3.8) is 0 Å². The van der Waals surface area contributed by atoms with E-state index in [-0.39, 0.29) is 12.0 Å². The Morgan fingerprint density at radius 2 is 1.96 bits per heavy atom. The van der Waals surface area contributed by atoms with E-state index >= 15 is 0 Å². The third-order valence-electron chi connectivity index (χ3n) is 4.46. The first-order valence-corrected chi connectivity index (χ1v) is 9.16. The van der Waals surface area contributed by atoms with Gasteiger partial charge >= 0.3 is 0 Å². The number of nitrogens with one attached hydrogen (secondary N) is 1. The van der Waals surface area contributed by atoms with E-state index < -0.39 is 0 Å². The van der Waals surface area contributed by atoms with Gasteiger partial charge in [0.2, 0.25) is 0 Å². The first-order valence-electron chi connectivity index (χ1n) is 9.16. The highest BCUT2D eigenvalue weighted by atomic mass is 16.5. The number of nitrogens with zero attached hydrogens (tertiary/aromatic N) is 1. The molecule has 26 heavy (non-hydrogen) atoms. The van der Waals surface area contributed by atoms with Crippen LogP contribution >= 0.6 is 0 Å². The quantitative estimate of drug-likeness (QED) is 0.831. The van der Waals surface area contributed by atoms with Gasteiger partial charge < -0.3 is 14.8 Å². The van der Waals surface area contributed by atoms with E-state index in [1.165, 1.54) is 5.56 Å². The lowest BCUT2D eigenvalue weighted by molar-refractivity contribution is -0.0293. The molecule has 1 atom stereocenters. The van der Waals surface area contributed by atoms with E-state index in [0.717, 1.165) is 25.4 Å². The molecule has 2 aromatic carbocycles. The molecule has 0 aliphatic carbocycles. The molecule has 1 aliphatic heterocycles. The second kappa shape index (κ2) is 9.36. The summed E-state index contributed by atoms with van der Waals surface area (Å²) in [7, 11) is 0. The van der Waals surface area contributed by atoms with Crippen molar-refractivity contribution >= 4 is 5.91 Å². The van der Waals surface area contributed by atoms with E-state index in [4.69, 9.17) is 9.47 Å². The molecule has 0 radical (unpaired) electrons. The van der Waals surface area contributed by atoms with Gasteiger partial charge in [0.25, 0.3) is 5.91 Å². The summed E-state index contributed by atoms with van der Waals surface area (Å²) in [4.78, 5) is 14.6. The van der Waals surface area contributed by atoms with E-state index in [2.05, 4.69) is 22.3 Å². The van der Waals surface area contributed by atoms with Gasteiger partial charge in [-0.3, -0.25) is 9.69 Å². The van der Waals surface area contributed by atoms with E-state index in [1.807, 2.05) is 37.3 Å². The molecule has 1 fully saturated rings. The average Bonchev–Trinajstić information content (AvgIpc) is 2.70. The Morgan fingerprint density at radius 3 is 2.69 bits per heavy atom. The van der Waals surface area contributed by atoms with Crippen LogP contribution in [0, 0.1) is 0 Å². The normalized spacial score (nSPS) is 17.7. The molecule has 0 bridgehead atoms. The van der Waals surface area contributed by atoms with Crippen LogP contribution in [0.15, 0.2) is 54.6 Å². The van der Waals surface area contributed by atoms with Gasteiger partial charge in [0.15, 0.2) is 0 Å². The number of benzene rings is 2. The molecule has 5 nitrogen and oxygen atoms in total. The molecular formula is C21H26N2O3. The molecule has 5 heteroatoms. The lowest BCUT2D eigenvalue weighted by Gasteiger charge is -2.33. The molecule has 3 rings (SSSR count). The lowest BCUT2D eigenvalue weighted by Crippen LogP contribution is -2.42. The van der Waals surface area contributed by atoms with Crippen LogP contribution in [0.5, 0.6) is 5.75 Å². The largest absolute Gasteiger partial charge is 0.494 e. The zero-order valence-electron chi connectivity index (χ0n) is 15.2. The van der Waals surface area contributed by atoms with Crippen LogP contribution in [-0.4, -0.2) is 50.2 Å². The second-order valence-corrected chi connectivity index (χ2v) is 6.28. The molecule has 1 heterocycles.